The van der Waals surface area contributed by atoms with Crippen molar-refractivity contribution in [3.8, 4) is 5.75 Å². The summed E-state index contributed by atoms with van der Waals surface area (Å²) in [4.78, 5) is 13.8. The molecule has 11 heteroatoms. The van der Waals surface area contributed by atoms with Crippen LogP contribution in [0.25, 0.3) is 0 Å². The number of ether oxygens (including phenoxy) is 2. The molecule has 162 valence electrons. The molecule has 0 aromatic heterocycles. The van der Waals surface area contributed by atoms with Crippen molar-refractivity contribution in [1.29, 1.82) is 0 Å². The molecule has 0 aliphatic carbocycles. The van der Waals surface area contributed by atoms with Gasteiger partial charge < -0.3 is 14.4 Å². The summed E-state index contributed by atoms with van der Waals surface area (Å²) < 4.78 is 75.3. The molecule has 1 fully saturated rings. The van der Waals surface area contributed by atoms with Crippen LogP contribution in [-0.4, -0.2) is 51.9 Å². The molecule has 30 heavy (non-hydrogen) atoms. The first-order valence-corrected chi connectivity index (χ1v) is 10.4. The molecule has 7 nitrogen and oxygen atoms in total. The monoisotopic (exact) mass is 444 g/mol. The molecule has 0 unspecified atom stereocenters. The third-order valence-electron chi connectivity index (χ3n) is 4.34. The van der Waals surface area contributed by atoms with E-state index in [0.717, 1.165) is 12.1 Å². The number of hydrogen-bond donors (Lipinski definition) is 1. The van der Waals surface area contributed by atoms with Crippen molar-refractivity contribution >= 4 is 15.9 Å². The van der Waals surface area contributed by atoms with Gasteiger partial charge in [0, 0.05) is 13.1 Å². The quantitative estimate of drug-likeness (QED) is 0.740. The molecule has 2 aromatic rings. The van der Waals surface area contributed by atoms with Gasteiger partial charge in [-0.3, -0.25) is 4.79 Å². The molecule has 3 rings (SSSR count). The highest BCUT2D eigenvalue weighted by Crippen LogP contribution is 2.30. The van der Waals surface area contributed by atoms with Crippen LogP contribution < -0.4 is 9.46 Å². The summed E-state index contributed by atoms with van der Waals surface area (Å²) in [5, 5.41) is 0. The van der Waals surface area contributed by atoms with E-state index >= 15 is 0 Å². The van der Waals surface area contributed by atoms with Crippen molar-refractivity contribution in [3.05, 3.63) is 60.2 Å². The average molecular weight is 444 g/mol. The summed E-state index contributed by atoms with van der Waals surface area (Å²) in [7, 11) is -4.55. The van der Waals surface area contributed by atoms with Gasteiger partial charge in [0.25, 0.3) is 0 Å². The van der Waals surface area contributed by atoms with Gasteiger partial charge >= 0.3 is 6.36 Å². The van der Waals surface area contributed by atoms with E-state index in [4.69, 9.17) is 4.74 Å². The van der Waals surface area contributed by atoms with E-state index in [1.54, 1.807) is 30.3 Å². The first kappa shape index (κ1) is 22.1. The fourth-order valence-electron chi connectivity index (χ4n) is 2.97. The highest BCUT2D eigenvalue weighted by atomic mass is 32.2. The van der Waals surface area contributed by atoms with Crippen LogP contribution in [0.15, 0.2) is 59.5 Å². The minimum absolute atomic E-state index is 0.275. The smallest absolute Gasteiger partial charge is 0.404 e. The molecule has 0 bridgehead atoms. The van der Waals surface area contributed by atoms with Crippen molar-refractivity contribution in [2.75, 3.05) is 26.3 Å². The highest BCUT2D eigenvalue weighted by molar-refractivity contribution is 7.89. The number of alkyl halides is 3. The summed E-state index contributed by atoms with van der Waals surface area (Å²) in [5.41, 5.74) is 0.354. The van der Waals surface area contributed by atoms with Crippen molar-refractivity contribution < 1.29 is 35.9 Å². The molecular formula is C19H19F3N2O5S. The number of nitrogens with one attached hydrogen (secondary N) is 1. The Labute approximate surface area is 171 Å². The van der Waals surface area contributed by atoms with Gasteiger partial charge in [0.1, 0.15) is 16.7 Å². The standard InChI is InChI=1S/C19H19F3N2O5S/c20-19(21,22)29-15-8-4-5-9-16(15)30(26,27)23-17(14-6-2-1-3-7-14)18(25)24-10-12-28-13-11-24/h1-9,17,23H,10-13H2/t17-/m0/s1. The molecule has 0 saturated carbocycles. The molecular weight excluding hydrogens is 425 g/mol. The summed E-state index contributed by atoms with van der Waals surface area (Å²) in [5.74, 6) is -1.41. The Balaban J connectivity index is 1.95. The number of sulfonamides is 1. The van der Waals surface area contributed by atoms with Gasteiger partial charge in [0.05, 0.1) is 13.2 Å². The Kier molecular flexibility index (Phi) is 6.64. The summed E-state index contributed by atoms with van der Waals surface area (Å²) in [6.07, 6.45) is -5.08. The summed E-state index contributed by atoms with van der Waals surface area (Å²) in [6, 6.07) is 11.1. The number of morpholine rings is 1. The van der Waals surface area contributed by atoms with Crippen molar-refractivity contribution in [2.24, 2.45) is 0 Å². The SMILES string of the molecule is O=C([C@@H](NS(=O)(=O)c1ccccc1OC(F)(F)F)c1ccccc1)N1CCOCC1. The molecule has 0 radical (unpaired) electrons. The van der Waals surface area contributed by atoms with Gasteiger partial charge in [-0.05, 0) is 17.7 Å². The number of carbonyl (C=O) groups is 1. The van der Waals surface area contributed by atoms with Crippen LogP contribution in [0.2, 0.25) is 0 Å². The van der Waals surface area contributed by atoms with E-state index in [0.29, 0.717) is 18.8 Å². The maximum absolute atomic E-state index is 13.1. The van der Waals surface area contributed by atoms with Gasteiger partial charge in [-0.15, -0.1) is 13.2 Å². The number of halogens is 3. The Morgan fingerprint density at radius 2 is 1.63 bits per heavy atom. The Morgan fingerprint density at radius 3 is 2.27 bits per heavy atom. The third kappa shape index (κ3) is 5.49. The van der Waals surface area contributed by atoms with Crippen LogP contribution >= 0.6 is 0 Å². The Bertz CT molecular complexity index is 977. The minimum Gasteiger partial charge on any atom is -0.404 e. The van der Waals surface area contributed by atoms with Gasteiger partial charge in [0.15, 0.2) is 0 Å². The van der Waals surface area contributed by atoms with Gasteiger partial charge in [0.2, 0.25) is 15.9 Å². The molecule has 1 saturated heterocycles. The zero-order valence-electron chi connectivity index (χ0n) is 15.6. The van der Waals surface area contributed by atoms with Crippen LogP contribution in [0.3, 0.4) is 0 Å². The van der Waals surface area contributed by atoms with E-state index in [1.807, 2.05) is 0 Å². The first-order chi connectivity index (χ1) is 14.2. The molecule has 1 atom stereocenters. The lowest BCUT2D eigenvalue weighted by atomic mass is 10.1. The maximum Gasteiger partial charge on any atom is 0.573 e. The molecule has 1 amide bonds. The van der Waals surface area contributed by atoms with Crippen LogP contribution in [0.1, 0.15) is 11.6 Å². The first-order valence-electron chi connectivity index (χ1n) is 8.96. The highest BCUT2D eigenvalue weighted by Gasteiger charge is 2.36. The van der Waals surface area contributed by atoms with E-state index in [-0.39, 0.29) is 13.1 Å². The molecule has 1 heterocycles. The number of amides is 1. The Morgan fingerprint density at radius 1 is 1.03 bits per heavy atom. The summed E-state index contributed by atoms with van der Waals surface area (Å²) in [6.45, 7) is 1.17. The van der Waals surface area contributed by atoms with Gasteiger partial charge in [-0.25, -0.2) is 8.42 Å². The molecule has 0 spiro atoms. The average Bonchev–Trinajstić information content (AvgIpc) is 2.72. The number of carbonyl (C=O) groups excluding carboxylic acids is 1. The maximum atomic E-state index is 13.1. The number of rotatable bonds is 6. The molecule has 1 aliphatic rings. The number of para-hydroxylation sites is 1. The number of hydrogen-bond acceptors (Lipinski definition) is 5. The fourth-order valence-corrected chi connectivity index (χ4v) is 4.28. The van der Waals surface area contributed by atoms with E-state index in [1.165, 1.54) is 17.0 Å². The Hall–Kier alpha value is -2.63. The number of benzene rings is 2. The molecule has 2 aromatic carbocycles. The topological polar surface area (TPSA) is 84.9 Å². The minimum atomic E-state index is -5.08. The lowest BCUT2D eigenvalue weighted by molar-refractivity contribution is -0.275. The van der Waals surface area contributed by atoms with Crippen LogP contribution in [0.5, 0.6) is 5.75 Å². The van der Waals surface area contributed by atoms with E-state index in [2.05, 4.69) is 9.46 Å². The van der Waals surface area contributed by atoms with Crippen molar-refractivity contribution in [3.63, 3.8) is 0 Å². The van der Waals surface area contributed by atoms with Crippen molar-refractivity contribution in [2.45, 2.75) is 17.3 Å². The van der Waals surface area contributed by atoms with Gasteiger partial charge in [-0.1, -0.05) is 42.5 Å². The lowest BCUT2D eigenvalue weighted by Gasteiger charge is -2.31. The zero-order valence-corrected chi connectivity index (χ0v) is 16.4. The normalized spacial score (nSPS) is 16.2. The van der Waals surface area contributed by atoms with Crippen LogP contribution in [-0.2, 0) is 19.6 Å². The molecule has 1 aliphatic heterocycles. The predicted molar refractivity (Wildman–Crippen MR) is 100 cm³/mol. The molecule has 1 N–H and O–H groups in total. The lowest BCUT2D eigenvalue weighted by Crippen LogP contribution is -2.47. The zero-order chi connectivity index (χ0) is 21.8. The predicted octanol–water partition coefficient (Wildman–Crippen LogP) is 2.46. The second-order valence-corrected chi connectivity index (χ2v) is 8.08. The van der Waals surface area contributed by atoms with Crippen molar-refractivity contribution in [1.82, 2.24) is 9.62 Å². The largest absolute Gasteiger partial charge is 0.573 e. The third-order valence-corrected chi connectivity index (χ3v) is 5.80. The summed E-state index contributed by atoms with van der Waals surface area (Å²) >= 11 is 0. The van der Waals surface area contributed by atoms with E-state index < -0.39 is 39.0 Å². The fraction of sp³-hybridized carbons (Fsp3) is 0.316. The number of nitrogens with zero attached hydrogens (tertiary/aromatic N) is 1. The second kappa shape index (κ2) is 9.02. The second-order valence-electron chi connectivity index (χ2n) is 6.40. The van der Waals surface area contributed by atoms with Crippen LogP contribution in [0, 0.1) is 0 Å². The van der Waals surface area contributed by atoms with Gasteiger partial charge in [-0.2, -0.15) is 4.72 Å². The van der Waals surface area contributed by atoms with Crippen LogP contribution in [0.4, 0.5) is 13.2 Å². The van der Waals surface area contributed by atoms with E-state index in [9.17, 15) is 26.4 Å².